The maximum atomic E-state index is 11.6. The molecule has 0 fully saturated rings. The van der Waals surface area contributed by atoms with Gasteiger partial charge >= 0.3 is 5.97 Å². The largest absolute Gasteiger partial charge is 0.462 e. The second-order valence-corrected chi connectivity index (χ2v) is 4.89. The number of hydrogen-bond donors (Lipinski definition) is 2. The van der Waals surface area contributed by atoms with Crippen molar-refractivity contribution in [3.63, 3.8) is 0 Å². The molecule has 1 amide bonds. The number of thiophene rings is 1. The highest BCUT2D eigenvalue weighted by molar-refractivity contribution is 8.00. The van der Waals surface area contributed by atoms with Crippen LogP contribution in [0.4, 0.5) is 5.69 Å². The van der Waals surface area contributed by atoms with Gasteiger partial charge in [-0.25, -0.2) is 4.79 Å². The van der Waals surface area contributed by atoms with Crippen molar-refractivity contribution in [1.82, 2.24) is 0 Å². The van der Waals surface area contributed by atoms with Gasteiger partial charge in [0, 0.05) is 0 Å². The van der Waals surface area contributed by atoms with E-state index in [1.807, 2.05) is 0 Å². The van der Waals surface area contributed by atoms with Gasteiger partial charge in [-0.1, -0.05) is 0 Å². The number of nitrogens with two attached hydrogens (primary N) is 2. The Labute approximate surface area is 101 Å². The van der Waals surface area contributed by atoms with Gasteiger partial charge in [-0.05, 0) is 13.2 Å². The van der Waals surface area contributed by atoms with Crippen molar-refractivity contribution >= 4 is 40.7 Å². The summed E-state index contributed by atoms with van der Waals surface area (Å²) in [5.74, 6) is -1.15. The summed E-state index contributed by atoms with van der Waals surface area (Å²) in [4.78, 5) is 22.9. The quantitative estimate of drug-likeness (QED) is 0.629. The predicted octanol–water partition coefficient (Wildman–Crippen LogP) is 1.33. The number of anilines is 1. The molecule has 1 aromatic rings. The first-order valence-corrected chi connectivity index (χ1v) is 6.50. The van der Waals surface area contributed by atoms with Crippen molar-refractivity contribution in [3.05, 3.63) is 10.4 Å². The van der Waals surface area contributed by atoms with Gasteiger partial charge in [-0.2, -0.15) is 0 Å². The summed E-state index contributed by atoms with van der Waals surface area (Å²) in [6.07, 6.45) is 1.79. The minimum atomic E-state index is -0.631. The van der Waals surface area contributed by atoms with Gasteiger partial charge in [0.05, 0.1) is 16.5 Å². The van der Waals surface area contributed by atoms with Crippen molar-refractivity contribution < 1.29 is 14.3 Å². The molecule has 0 aliphatic heterocycles. The number of primary amides is 1. The molecule has 5 nitrogen and oxygen atoms in total. The molecule has 88 valence electrons. The lowest BCUT2D eigenvalue weighted by Crippen LogP contribution is -2.13. The van der Waals surface area contributed by atoms with Crippen LogP contribution in [0.1, 0.15) is 27.0 Å². The molecule has 0 radical (unpaired) electrons. The molecule has 16 heavy (non-hydrogen) atoms. The number of esters is 1. The van der Waals surface area contributed by atoms with Crippen LogP contribution in [0.5, 0.6) is 0 Å². The minimum Gasteiger partial charge on any atom is -0.462 e. The molecule has 0 aromatic carbocycles. The number of hydrogen-bond acceptors (Lipinski definition) is 6. The number of nitrogen functional groups attached to an aromatic ring is 1. The molecule has 0 saturated carbocycles. The molecule has 0 aliphatic carbocycles. The summed E-state index contributed by atoms with van der Waals surface area (Å²) in [6.45, 7) is 1.96. The fraction of sp³-hybridized carbons (Fsp3) is 0.333. The molecule has 1 aromatic heterocycles. The molecule has 0 bridgehead atoms. The first kappa shape index (κ1) is 12.9. The molecule has 0 unspecified atom stereocenters. The van der Waals surface area contributed by atoms with E-state index in [1.165, 1.54) is 11.8 Å². The van der Waals surface area contributed by atoms with E-state index in [-0.39, 0.29) is 22.7 Å². The van der Waals surface area contributed by atoms with Crippen LogP contribution in [0.3, 0.4) is 0 Å². The molecule has 0 spiro atoms. The Morgan fingerprint density at radius 3 is 2.56 bits per heavy atom. The Bertz CT molecular complexity index is 429. The third-order valence-corrected chi connectivity index (χ3v) is 4.14. The predicted molar refractivity (Wildman–Crippen MR) is 65.0 cm³/mol. The normalized spacial score (nSPS) is 10.1. The van der Waals surface area contributed by atoms with Crippen LogP contribution in [0.15, 0.2) is 4.21 Å². The van der Waals surface area contributed by atoms with Gasteiger partial charge in [0.2, 0.25) is 0 Å². The lowest BCUT2D eigenvalue weighted by molar-refractivity contribution is 0.0524. The standard InChI is InChI=1S/C9H12N2O3S2/c1-3-14-8(13)4-5(10)6(7(11)12)16-9(4)15-2/h3,10H2,1-2H3,(H2,11,12). The molecule has 0 atom stereocenters. The topological polar surface area (TPSA) is 95.4 Å². The van der Waals surface area contributed by atoms with Crippen molar-refractivity contribution in [1.29, 1.82) is 0 Å². The van der Waals surface area contributed by atoms with Crippen LogP contribution < -0.4 is 11.5 Å². The zero-order chi connectivity index (χ0) is 12.3. The summed E-state index contributed by atoms with van der Waals surface area (Å²) < 4.78 is 5.51. The molecular formula is C9H12N2O3S2. The van der Waals surface area contributed by atoms with E-state index in [1.54, 1.807) is 13.2 Å². The van der Waals surface area contributed by atoms with Gasteiger partial charge in [0.25, 0.3) is 5.91 Å². The Hall–Kier alpha value is -1.21. The Morgan fingerprint density at radius 1 is 1.50 bits per heavy atom. The maximum absolute atomic E-state index is 11.6. The van der Waals surface area contributed by atoms with Crippen molar-refractivity contribution in [2.45, 2.75) is 11.1 Å². The minimum absolute atomic E-state index is 0.111. The molecule has 1 rings (SSSR count). The Balaban J connectivity index is 3.25. The summed E-state index contributed by atoms with van der Waals surface area (Å²) >= 11 is 2.44. The van der Waals surface area contributed by atoms with Crippen LogP contribution in [0, 0.1) is 0 Å². The number of amides is 1. The third-order valence-electron chi connectivity index (χ3n) is 1.80. The molecule has 4 N–H and O–H groups in total. The molecule has 0 saturated heterocycles. The van der Waals surface area contributed by atoms with E-state index < -0.39 is 11.9 Å². The van der Waals surface area contributed by atoms with Crippen molar-refractivity contribution in [3.8, 4) is 0 Å². The number of carbonyl (C=O) groups is 2. The number of thioether (sulfide) groups is 1. The second-order valence-electron chi connectivity index (χ2n) is 2.80. The lowest BCUT2D eigenvalue weighted by Gasteiger charge is -2.02. The third kappa shape index (κ3) is 2.30. The molecule has 0 aliphatic rings. The first-order valence-electron chi connectivity index (χ1n) is 4.46. The van der Waals surface area contributed by atoms with Crippen LogP contribution >= 0.6 is 23.1 Å². The van der Waals surface area contributed by atoms with Gasteiger partial charge in [-0.3, -0.25) is 4.79 Å². The lowest BCUT2D eigenvalue weighted by atomic mass is 10.2. The highest BCUT2D eigenvalue weighted by atomic mass is 32.2. The fourth-order valence-electron chi connectivity index (χ4n) is 1.15. The van der Waals surface area contributed by atoms with Crippen LogP contribution in [-0.2, 0) is 4.74 Å². The van der Waals surface area contributed by atoms with E-state index in [9.17, 15) is 9.59 Å². The molecule has 1 heterocycles. The fourth-order valence-corrected chi connectivity index (χ4v) is 2.92. The Kier molecular flexibility index (Phi) is 4.19. The molecule has 7 heteroatoms. The van der Waals surface area contributed by atoms with Gasteiger partial charge in [0.15, 0.2) is 0 Å². The monoisotopic (exact) mass is 260 g/mol. The summed E-state index contributed by atoms with van der Waals surface area (Å²) in [7, 11) is 0. The van der Waals surface area contributed by atoms with E-state index >= 15 is 0 Å². The van der Waals surface area contributed by atoms with Crippen LogP contribution in [0.25, 0.3) is 0 Å². The van der Waals surface area contributed by atoms with Gasteiger partial charge in [0.1, 0.15) is 10.4 Å². The number of carbonyl (C=O) groups excluding carboxylic acids is 2. The van der Waals surface area contributed by atoms with Crippen LogP contribution in [0.2, 0.25) is 0 Å². The smallest absolute Gasteiger partial charge is 0.342 e. The first-order chi connectivity index (χ1) is 7.52. The van der Waals surface area contributed by atoms with E-state index in [0.717, 1.165) is 11.3 Å². The number of ether oxygens (including phenoxy) is 1. The maximum Gasteiger partial charge on any atom is 0.342 e. The zero-order valence-corrected chi connectivity index (χ0v) is 10.5. The van der Waals surface area contributed by atoms with E-state index in [2.05, 4.69) is 0 Å². The SMILES string of the molecule is CCOC(=O)c1c(SC)sc(C(N)=O)c1N. The van der Waals surface area contributed by atoms with Gasteiger partial charge < -0.3 is 16.2 Å². The highest BCUT2D eigenvalue weighted by Crippen LogP contribution is 2.37. The molecular weight excluding hydrogens is 248 g/mol. The summed E-state index contributed by atoms with van der Waals surface area (Å²) in [5, 5.41) is 0. The van der Waals surface area contributed by atoms with Crippen molar-refractivity contribution in [2.24, 2.45) is 5.73 Å². The highest BCUT2D eigenvalue weighted by Gasteiger charge is 2.24. The Morgan fingerprint density at radius 2 is 2.12 bits per heavy atom. The second kappa shape index (κ2) is 5.22. The summed E-state index contributed by atoms with van der Waals surface area (Å²) in [5.41, 5.74) is 11.2. The van der Waals surface area contributed by atoms with E-state index in [4.69, 9.17) is 16.2 Å². The summed E-state index contributed by atoms with van der Waals surface area (Å²) in [6, 6.07) is 0. The van der Waals surface area contributed by atoms with E-state index in [0.29, 0.717) is 4.21 Å². The van der Waals surface area contributed by atoms with Gasteiger partial charge in [-0.15, -0.1) is 23.1 Å². The average molecular weight is 260 g/mol. The van der Waals surface area contributed by atoms with Crippen LogP contribution in [-0.4, -0.2) is 24.7 Å². The van der Waals surface area contributed by atoms with Crippen molar-refractivity contribution in [2.75, 3.05) is 18.6 Å². The number of rotatable bonds is 4. The average Bonchev–Trinajstić information content (AvgIpc) is 2.55. The zero-order valence-electron chi connectivity index (χ0n) is 8.90.